The van der Waals surface area contributed by atoms with E-state index < -0.39 is 10.1 Å². The molecule has 138 valence electrons. The van der Waals surface area contributed by atoms with Gasteiger partial charge in [0.1, 0.15) is 16.5 Å². The van der Waals surface area contributed by atoms with E-state index in [1.54, 1.807) is 36.4 Å². The highest BCUT2D eigenvalue weighted by atomic mass is 35.5. The van der Waals surface area contributed by atoms with E-state index in [-0.39, 0.29) is 27.1 Å². The molecule has 0 radical (unpaired) electrons. The SMILES string of the molecule is N#Cc1ccccc1S(=O)(=O)Oc1cc(Cl)ccc1-c1nc2ccccc2o1. The Morgan fingerprint density at radius 2 is 1.79 bits per heavy atom. The van der Waals surface area contributed by atoms with E-state index in [2.05, 4.69) is 4.98 Å². The highest BCUT2D eigenvalue weighted by Crippen LogP contribution is 2.35. The van der Waals surface area contributed by atoms with Crippen molar-refractivity contribution < 1.29 is 17.0 Å². The van der Waals surface area contributed by atoms with Gasteiger partial charge in [0, 0.05) is 11.1 Å². The minimum Gasteiger partial charge on any atom is -0.436 e. The fraction of sp³-hybridized carbons (Fsp3) is 0. The van der Waals surface area contributed by atoms with Gasteiger partial charge < -0.3 is 8.60 Å². The van der Waals surface area contributed by atoms with E-state index in [1.165, 1.54) is 24.3 Å². The summed E-state index contributed by atoms with van der Waals surface area (Å²) in [7, 11) is -4.28. The first-order chi connectivity index (χ1) is 13.5. The molecular weight excluding hydrogens is 400 g/mol. The predicted octanol–water partition coefficient (Wildman–Crippen LogP) is 4.79. The van der Waals surface area contributed by atoms with Crippen molar-refractivity contribution in [2.75, 3.05) is 0 Å². The molecule has 0 fully saturated rings. The van der Waals surface area contributed by atoms with Crippen LogP contribution >= 0.6 is 11.6 Å². The molecule has 0 aliphatic rings. The molecule has 28 heavy (non-hydrogen) atoms. The number of rotatable bonds is 4. The first kappa shape index (κ1) is 18.0. The number of oxazole rings is 1. The Hall–Kier alpha value is -3.34. The molecule has 0 aliphatic heterocycles. The molecule has 8 heteroatoms. The van der Waals surface area contributed by atoms with Crippen molar-refractivity contribution in [2.24, 2.45) is 0 Å². The van der Waals surface area contributed by atoms with Crippen molar-refractivity contribution >= 4 is 32.8 Å². The predicted molar refractivity (Wildman–Crippen MR) is 103 cm³/mol. The minimum absolute atomic E-state index is 0.0204. The molecular formula is C20H11ClN2O4S. The lowest BCUT2D eigenvalue weighted by Gasteiger charge is -2.11. The maximum absolute atomic E-state index is 12.8. The van der Waals surface area contributed by atoms with Gasteiger partial charge in [-0.1, -0.05) is 35.9 Å². The van der Waals surface area contributed by atoms with Crippen LogP contribution in [0.2, 0.25) is 5.02 Å². The second-order valence-corrected chi connectivity index (χ2v) is 7.72. The molecule has 3 aromatic carbocycles. The zero-order valence-electron chi connectivity index (χ0n) is 14.2. The standard InChI is InChI=1S/C20H11ClN2O4S/c21-14-9-10-15(20-23-16-6-2-3-7-17(16)26-20)18(11-14)27-28(24,25)19-8-4-1-5-13(19)12-22/h1-11H. The van der Waals surface area contributed by atoms with E-state index in [0.717, 1.165) is 0 Å². The minimum atomic E-state index is -4.28. The second-order valence-electron chi connectivity index (χ2n) is 5.77. The number of benzene rings is 3. The normalized spacial score (nSPS) is 11.3. The van der Waals surface area contributed by atoms with Crippen molar-refractivity contribution in [3.8, 4) is 23.3 Å². The van der Waals surface area contributed by atoms with Gasteiger partial charge in [-0.05, 0) is 36.4 Å². The first-order valence-corrected chi connectivity index (χ1v) is 9.86. The summed E-state index contributed by atoms with van der Waals surface area (Å²) >= 11 is 6.04. The highest BCUT2D eigenvalue weighted by Gasteiger charge is 2.24. The van der Waals surface area contributed by atoms with E-state index in [1.807, 2.05) is 12.1 Å². The van der Waals surface area contributed by atoms with Gasteiger partial charge in [0.05, 0.1) is 11.1 Å². The summed E-state index contributed by atoms with van der Waals surface area (Å²) in [6.07, 6.45) is 0. The van der Waals surface area contributed by atoms with Crippen molar-refractivity contribution in [2.45, 2.75) is 4.90 Å². The largest absolute Gasteiger partial charge is 0.436 e. The smallest absolute Gasteiger partial charge is 0.340 e. The Kier molecular flexibility index (Phi) is 4.51. The van der Waals surface area contributed by atoms with Gasteiger partial charge >= 0.3 is 10.1 Å². The number of hydrogen-bond donors (Lipinski definition) is 0. The lowest BCUT2D eigenvalue weighted by Crippen LogP contribution is -2.12. The van der Waals surface area contributed by atoms with Gasteiger partial charge in [-0.25, -0.2) is 4.98 Å². The molecule has 0 saturated heterocycles. The van der Waals surface area contributed by atoms with Gasteiger partial charge in [0.2, 0.25) is 5.89 Å². The molecule has 0 saturated carbocycles. The number of halogens is 1. The van der Waals surface area contributed by atoms with Gasteiger partial charge in [-0.2, -0.15) is 13.7 Å². The van der Waals surface area contributed by atoms with E-state index in [9.17, 15) is 13.7 Å². The number of para-hydroxylation sites is 2. The Morgan fingerprint density at radius 3 is 2.57 bits per heavy atom. The average Bonchev–Trinajstić information content (AvgIpc) is 3.11. The molecule has 1 heterocycles. The zero-order valence-corrected chi connectivity index (χ0v) is 15.7. The number of nitriles is 1. The molecule has 0 unspecified atom stereocenters. The molecule has 1 aromatic heterocycles. The van der Waals surface area contributed by atoms with Crippen molar-refractivity contribution in [1.29, 1.82) is 5.26 Å². The average molecular weight is 411 g/mol. The van der Waals surface area contributed by atoms with Gasteiger partial charge in [0.25, 0.3) is 0 Å². The van der Waals surface area contributed by atoms with E-state index >= 15 is 0 Å². The molecule has 0 N–H and O–H groups in total. The summed E-state index contributed by atoms with van der Waals surface area (Å²) in [6, 6.07) is 19.3. The zero-order chi connectivity index (χ0) is 19.7. The van der Waals surface area contributed by atoms with Crippen LogP contribution in [0.1, 0.15) is 5.56 Å². The molecule has 4 aromatic rings. The number of fused-ring (bicyclic) bond motifs is 1. The third kappa shape index (κ3) is 3.31. The Bertz CT molecular complexity index is 1310. The molecule has 0 amide bonds. The van der Waals surface area contributed by atoms with E-state index in [0.29, 0.717) is 16.7 Å². The van der Waals surface area contributed by atoms with Crippen molar-refractivity contribution in [3.05, 3.63) is 77.3 Å². The monoisotopic (exact) mass is 410 g/mol. The fourth-order valence-electron chi connectivity index (χ4n) is 2.67. The van der Waals surface area contributed by atoms with Gasteiger partial charge in [0.15, 0.2) is 11.3 Å². The fourth-order valence-corrected chi connectivity index (χ4v) is 3.92. The maximum atomic E-state index is 12.8. The number of nitrogens with zero attached hydrogens (tertiary/aromatic N) is 2. The van der Waals surface area contributed by atoms with E-state index in [4.69, 9.17) is 20.2 Å². The Morgan fingerprint density at radius 1 is 1.04 bits per heavy atom. The van der Waals surface area contributed by atoms with Crippen LogP contribution in [-0.2, 0) is 10.1 Å². The molecule has 0 aliphatic carbocycles. The Balaban J connectivity index is 1.82. The van der Waals surface area contributed by atoms with Crippen LogP contribution < -0.4 is 4.18 Å². The quantitative estimate of drug-likeness (QED) is 0.449. The third-order valence-corrected chi connectivity index (χ3v) is 5.47. The summed E-state index contributed by atoms with van der Waals surface area (Å²) in [5.74, 6) is 0.142. The van der Waals surface area contributed by atoms with Crippen LogP contribution in [0.25, 0.3) is 22.6 Å². The van der Waals surface area contributed by atoms with Crippen LogP contribution in [0, 0.1) is 11.3 Å². The summed E-state index contributed by atoms with van der Waals surface area (Å²) in [5, 5.41) is 9.47. The highest BCUT2D eigenvalue weighted by molar-refractivity contribution is 7.87. The first-order valence-electron chi connectivity index (χ1n) is 8.07. The van der Waals surface area contributed by atoms with Crippen LogP contribution in [0.5, 0.6) is 5.75 Å². The number of aromatic nitrogens is 1. The summed E-state index contributed by atoms with van der Waals surface area (Å²) in [5.41, 5.74) is 1.47. The second kappa shape index (κ2) is 7.00. The topological polar surface area (TPSA) is 93.2 Å². The molecule has 6 nitrogen and oxygen atoms in total. The molecule has 0 bridgehead atoms. The van der Waals surface area contributed by atoms with Crippen LogP contribution in [-0.4, -0.2) is 13.4 Å². The summed E-state index contributed by atoms with van der Waals surface area (Å²) in [6.45, 7) is 0. The summed E-state index contributed by atoms with van der Waals surface area (Å²) in [4.78, 5) is 4.14. The summed E-state index contributed by atoms with van der Waals surface area (Å²) < 4.78 is 36.6. The van der Waals surface area contributed by atoms with Crippen LogP contribution in [0.15, 0.2) is 76.0 Å². The molecule has 4 rings (SSSR count). The Labute approximate surface area is 165 Å². The third-order valence-electron chi connectivity index (χ3n) is 3.94. The lowest BCUT2D eigenvalue weighted by atomic mass is 10.2. The molecule has 0 spiro atoms. The van der Waals surface area contributed by atoms with Crippen LogP contribution in [0.3, 0.4) is 0 Å². The maximum Gasteiger partial charge on any atom is 0.340 e. The molecule has 0 atom stereocenters. The number of hydrogen-bond acceptors (Lipinski definition) is 6. The van der Waals surface area contributed by atoms with Crippen molar-refractivity contribution in [3.63, 3.8) is 0 Å². The van der Waals surface area contributed by atoms with Crippen molar-refractivity contribution in [1.82, 2.24) is 4.98 Å². The van der Waals surface area contributed by atoms with Gasteiger partial charge in [-0.3, -0.25) is 0 Å². The van der Waals surface area contributed by atoms with Gasteiger partial charge in [-0.15, -0.1) is 0 Å². The van der Waals surface area contributed by atoms with Crippen LogP contribution in [0.4, 0.5) is 0 Å². The lowest BCUT2D eigenvalue weighted by molar-refractivity contribution is 0.485.